The highest BCUT2D eigenvalue weighted by atomic mass is 32.2. The van der Waals surface area contributed by atoms with Crippen LogP contribution in [0.2, 0.25) is 0 Å². The lowest BCUT2D eigenvalue weighted by Gasteiger charge is -2.17. The average Bonchev–Trinajstić information content (AvgIpc) is 2.67. The molecule has 0 radical (unpaired) electrons. The minimum absolute atomic E-state index is 0.0553. The van der Waals surface area contributed by atoms with Crippen molar-refractivity contribution < 1.29 is 31.1 Å². The summed E-state index contributed by atoms with van der Waals surface area (Å²) in [6.07, 6.45) is -4.68. The molecule has 2 aromatic rings. The van der Waals surface area contributed by atoms with E-state index in [9.17, 15) is 26.4 Å². The van der Waals surface area contributed by atoms with E-state index in [2.05, 4.69) is 9.46 Å². The number of ether oxygens (including phenoxy) is 1. The number of nitrogens with one attached hydrogen (secondary N) is 1. The minimum Gasteiger partial charge on any atom is -0.468 e. The van der Waals surface area contributed by atoms with Crippen molar-refractivity contribution >= 4 is 27.8 Å². The van der Waals surface area contributed by atoms with Gasteiger partial charge in [-0.15, -0.1) is 0 Å². The molecule has 0 bridgehead atoms. The normalized spacial score (nSPS) is 13.1. The number of carbonyl (C=O) groups excluding carboxylic acids is 1. The Labute approximate surface area is 165 Å². The van der Waals surface area contributed by atoms with Crippen molar-refractivity contribution in [1.29, 1.82) is 0 Å². The zero-order valence-corrected chi connectivity index (χ0v) is 16.4. The minimum atomic E-state index is -4.68. The predicted molar refractivity (Wildman–Crippen MR) is 100 cm³/mol. The number of alkyl halides is 3. The second-order valence-corrected chi connectivity index (χ2v) is 8.47. The largest absolute Gasteiger partial charge is 0.468 e. The van der Waals surface area contributed by atoms with E-state index < -0.39 is 38.7 Å². The average molecular weight is 433 g/mol. The van der Waals surface area contributed by atoms with Crippen molar-refractivity contribution in [1.82, 2.24) is 4.72 Å². The third kappa shape index (κ3) is 6.25. The maximum Gasteiger partial charge on any atom is 0.416 e. The Balaban J connectivity index is 2.13. The third-order valence-electron chi connectivity index (χ3n) is 3.65. The van der Waals surface area contributed by atoms with E-state index in [-0.39, 0.29) is 5.75 Å². The van der Waals surface area contributed by atoms with E-state index in [4.69, 9.17) is 0 Å². The van der Waals surface area contributed by atoms with Gasteiger partial charge in [-0.1, -0.05) is 36.4 Å². The molecule has 0 saturated carbocycles. The molecular formula is C18H18F3NO4S2. The van der Waals surface area contributed by atoms with Crippen molar-refractivity contribution in [2.75, 3.05) is 12.9 Å². The fraction of sp³-hybridized carbons (Fsp3) is 0.278. The highest BCUT2D eigenvalue weighted by Crippen LogP contribution is 2.30. The van der Waals surface area contributed by atoms with Crippen molar-refractivity contribution in [3.63, 3.8) is 0 Å². The Morgan fingerprint density at radius 2 is 1.82 bits per heavy atom. The Morgan fingerprint density at radius 1 is 1.14 bits per heavy atom. The van der Waals surface area contributed by atoms with Crippen LogP contribution in [-0.2, 0) is 31.5 Å². The molecule has 0 spiro atoms. The lowest BCUT2D eigenvalue weighted by molar-refractivity contribution is -0.142. The summed E-state index contributed by atoms with van der Waals surface area (Å²) in [5.74, 6) is -0.240. The molecule has 28 heavy (non-hydrogen) atoms. The summed E-state index contributed by atoms with van der Waals surface area (Å²) >= 11 is 1.29. The number of thioether (sulfide) groups is 1. The molecule has 2 rings (SSSR count). The van der Waals surface area contributed by atoms with Crippen LogP contribution in [0.5, 0.6) is 0 Å². The molecule has 0 fully saturated rings. The molecule has 0 heterocycles. The summed E-state index contributed by atoms with van der Waals surface area (Å²) in [4.78, 5) is 11.4. The van der Waals surface area contributed by atoms with Gasteiger partial charge in [-0.2, -0.15) is 29.7 Å². The quantitative estimate of drug-likeness (QED) is 0.646. The molecule has 5 nitrogen and oxygen atoms in total. The van der Waals surface area contributed by atoms with Crippen LogP contribution in [0, 0.1) is 0 Å². The number of carbonyl (C=O) groups is 1. The topological polar surface area (TPSA) is 72.5 Å². The molecule has 2 aromatic carbocycles. The Bertz CT molecular complexity index is 903. The fourth-order valence-corrected chi connectivity index (χ4v) is 4.59. The van der Waals surface area contributed by atoms with Gasteiger partial charge in [0.2, 0.25) is 10.0 Å². The number of hydrogen-bond donors (Lipinski definition) is 1. The van der Waals surface area contributed by atoms with Crippen LogP contribution in [0.3, 0.4) is 0 Å². The molecule has 0 aliphatic rings. The second-order valence-electron chi connectivity index (χ2n) is 5.72. The van der Waals surface area contributed by atoms with Crippen LogP contribution in [-0.4, -0.2) is 33.3 Å². The molecule has 0 aliphatic carbocycles. The van der Waals surface area contributed by atoms with E-state index in [0.717, 1.165) is 30.9 Å². The molecule has 10 heteroatoms. The molecular weight excluding hydrogens is 415 g/mol. The van der Waals surface area contributed by atoms with Gasteiger partial charge in [0.25, 0.3) is 0 Å². The summed E-state index contributed by atoms with van der Waals surface area (Å²) in [7, 11) is -3.25. The molecule has 0 amide bonds. The standard InChI is InChI=1S/C18H18F3NO4S2/c1-26-17(23)16(12-27-11-13-6-3-2-4-7-13)22-28(24,25)15-9-5-8-14(10-15)18(19,20)21/h2-10,16,22H,11-12H2,1H3. The highest BCUT2D eigenvalue weighted by Gasteiger charge is 2.33. The van der Waals surface area contributed by atoms with E-state index in [1.54, 1.807) is 0 Å². The highest BCUT2D eigenvalue weighted by molar-refractivity contribution is 7.98. The number of esters is 1. The fourth-order valence-electron chi connectivity index (χ4n) is 2.26. The van der Waals surface area contributed by atoms with Gasteiger partial charge >= 0.3 is 12.1 Å². The first-order valence-electron chi connectivity index (χ1n) is 8.02. The molecule has 0 aromatic heterocycles. The van der Waals surface area contributed by atoms with Crippen LogP contribution in [0.25, 0.3) is 0 Å². The molecule has 1 N–H and O–H groups in total. The zero-order chi connectivity index (χ0) is 20.8. The zero-order valence-electron chi connectivity index (χ0n) is 14.8. The first kappa shape index (κ1) is 22.3. The third-order valence-corrected chi connectivity index (χ3v) is 6.23. The van der Waals surface area contributed by atoms with Crippen molar-refractivity contribution in [3.05, 3.63) is 65.7 Å². The maximum absolute atomic E-state index is 12.8. The maximum atomic E-state index is 12.8. The van der Waals surface area contributed by atoms with Crippen LogP contribution in [0.1, 0.15) is 11.1 Å². The lowest BCUT2D eigenvalue weighted by Crippen LogP contribution is -2.43. The Kier molecular flexibility index (Phi) is 7.50. The van der Waals surface area contributed by atoms with E-state index in [1.165, 1.54) is 11.8 Å². The number of hydrogen-bond acceptors (Lipinski definition) is 5. The number of sulfonamides is 1. The van der Waals surface area contributed by atoms with Crippen molar-refractivity contribution in [2.24, 2.45) is 0 Å². The van der Waals surface area contributed by atoms with Gasteiger partial charge in [-0.05, 0) is 23.8 Å². The van der Waals surface area contributed by atoms with Crippen LogP contribution < -0.4 is 4.72 Å². The van der Waals surface area contributed by atoms with Gasteiger partial charge in [-0.3, -0.25) is 4.79 Å². The predicted octanol–water partition coefficient (Wildman–Crippen LogP) is 3.46. The van der Waals surface area contributed by atoms with E-state index in [1.807, 2.05) is 30.3 Å². The number of rotatable bonds is 8. The van der Waals surface area contributed by atoms with Crippen LogP contribution in [0.4, 0.5) is 13.2 Å². The van der Waals surface area contributed by atoms with Gasteiger partial charge in [0.1, 0.15) is 6.04 Å². The second kappa shape index (κ2) is 9.44. The Morgan fingerprint density at radius 3 is 2.43 bits per heavy atom. The summed E-state index contributed by atoms with van der Waals surface area (Å²) in [5.41, 5.74) is -0.111. The van der Waals surface area contributed by atoms with Gasteiger partial charge in [-0.25, -0.2) is 8.42 Å². The first-order valence-corrected chi connectivity index (χ1v) is 10.7. The van der Waals surface area contributed by atoms with Gasteiger partial charge in [0, 0.05) is 11.5 Å². The number of benzene rings is 2. The van der Waals surface area contributed by atoms with Crippen molar-refractivity contribution in [3.8, 4) is 0 Å². The Hall–Kier alpha value is -2.04. The van der Waals surface area contributed by atoms with Crippen molar-refractivity contribution in [2.45, 2.75) is 22.9 Å². The summed E-state index contributed by atoms with van der Waals surface area (Å²) in [6.45, 7) is 0. The smallest absolute Gasteiger partial charge is 0.416 e. The molecule has 1 atom stereocenters. The van der Waals surface area contributed by atoms with Crippen LogP contribution >= 0.6 is 11.8 Å². The lowest BCUT2D eigenvalue weighted by atomic mass is 10.2. The van der Waals surface area contributed by atoms with E-state index in [0.29, 0.717) is 11.8 Å². The molecule has 1 unspecified atom stereocenters. The summed E-state index contributed by atoms with van der Waals surface area (Å²) in [6, 6.07) is 11.4. The summed E-state index contributed by atoms with van der Waals surface area (Å²) < 4.78 is 70.2. The van der Waals surface area contributed by atoms with Gasteiger partial charge in [0.15, 0.2) is 0 Å². The summed E-state index contributed by atoms with van der Waals surface area (Å²) in [5, 5.41) is 0. The van der Waals surface area contributed by atoms with Gasteiger partial charge in [0.05, 0.1) is 17.6 Å². The molecule has 0 saturated heterocycles. The first-order chi connectivity index (χ1) is 13.1. The molecule has 152 valence electrons. The number of halogens is 3. The van der Waals surface area contributed by atoms with Gasteiger partial charge < -0.3 is 4.74 Å². The molecule has 0 aliphatic heterocycles. The number of methoxy groups -OCH3 is 1. The van der Waals surface area contributed by atoms with E-state index >= 15 is 0 Å². The SMILES string of the molecule is COC(=O)C(CSCc1ccccc1)NS(=O)(=O)c1cccc(C(F)(F)F)c1. The monoisotopic (exact) mass is 433 g/mol. The van der Waals surface area contributed by atoms with Crippen LogP contribution in [0.15, 0.2) is 59.5 Å².